The number of amides is 1. The van der Waals surface area contributed by atoms with Crippen molar-refractivity contribution in [1.82, 2.24) is 15.1 Å². The first kappa shape index (κ1) is 23.4. The summed E-state index contributed by atoms with van der Waals surface area (Å²) in [6.07, 6.45) is -0.0951. The molecule has 1 aromatic rings. The molecule has 1 aromatic carbocycles. The summed E-state index contributed by atoms with van der Waals surface area (Å²) in [5.41, 5.74) is 0.911. The van der Waals surface area contributed by atoms with Gasteiger partial charge in [-0.1, -0.05) is 17.7 Å². The molecule has 0 aliphatic carbocycles. The van der Waals surface area contributed by atoms with Gasteiger partial charge in [-0.25, -0.2) is 4.39 Å². The molecule has 0 aromatic heterocycles. The number of carbonyl (C=O) groups excluding carboxylic acids is 1. The van der Waals surface area contributed by atoms with Gasteiger partial charge in [0.25, 0.3) is 0 Å². The van der Waals surface area contributed by atoms with Gasteiger partial charge in [0.1, 0.15) is 11.9 Å². The van der Waals surface area contributed by atoms with E-state index in [2.05, 4.69) is 10.2 Å². The largest absolute Gasteiger partial charge is 0.375 e. The second kappa shape index (κ2) is 10.6. The number of nitrogens with zero attached hydrogens (tertiary/aromatic N) is 2. The van der Waals surface area contributed by atoms with Crippen LogP contribution in [0.5, 0.6) is 0 Å². The first-order valence-electron chi connectivity index (χ1n) is 8.34. The summed E-state index contributed by atoms with van der Waals surface area (Å²) >= 11 is 6.09. The highest BCUT2D eigenvalue weighted by Gasteiger charge is 2.33. The number of halogens is 4. The summed E-state index contributed by atoms with van der Waals surface area (Å²) in [7, 11) is 0. The third-order valence-corrected chi connectivity index (χ3v) is 5.03. The number of benzene rings is 1. The van der Waals surface area contributed by atoms with Crippen molar-refractivity contribution in [1.29, 1.82) is 0 Å². The quantitative estimate of drug-likeness (QED) is 0.803. The third-order valence-electron chi connectivity index (χ3n) is 4.68. The van der Waals surface area contributed by atoms with E-state index in [0.29, 0.717) is 37.8 Å². The van der Waals surface area contributed by atoms with Crippen LogP contribution in [0.2, 0.25) is 5.02 Å². The molecule has 9 heteroatoms. The first-order chi connectivity index (χ1) is 11.5. The average molecular weight is 429 g/mol. The lowest BCUT2D eigenvalue weighted by Gasteiger charge is -2.38. The minimum atomic E-state index is -0.324. The van der Waals surface area contributed by atoms with E-state index in [9.17, 15) is 9.18 Å². The van der Waals surface area contributed by atoms with Crippen LogP contribution in [0.1, 0.15) is 12.5 Å². The zero-order valence-electron chi connectivity index (χ0n) is 14.6. The predicted octanol–water partition coefficient (Wildman–Crippen LogP) is 2.34. The van der Waals surface area contributed by atoms with Gasteiger partial charge in [0, 0.05) is 44.3 Å². The Morgan fingerprint density at radius 2 is 2.00 bits per heavy atom. The molecule has 0 spiro atoms. The summed E-state index contributed by atoms with van der Waals surface area (Å²) in [4.78, 5) is 16.7. The second-order valence-corrected chi connectivity index (χ2v) is 6.75. The van der Waals surface area contributed by atoms with Crippen LogP contribution in [0.15, 0.2) is 18.2 Å². The number of hydrogen-bond acceptors (Lipinski definition) is 4. The number of hydrogen-bond donors (Lipinski definition) is 1. The van der Waals surface area contributed by atoms with Gasteiger partial charge < -0.3 is 15.0 Å². The summed E-state index contributed by atoms with van der Waals surface area (Å²) in [6, 6.07) is 4.24. The lowest BCUT2D eigenvalue weighted by molar-refractivity contribution is -0.141. The van der Waals surface area contributed by atoms with Gasteiger partial charge in [-0.2, -0.15) is 0 Å². The van der Waals surface area contributed by atoms with Crippen molar-refractivity contribution in [3.05, 3.63) is 34.6 Å². The molecule has 5 nitrogen and oxygen atoms in total. The molecule has 0 saturated carbocycles. The molecule has 2 heterocycles. The highest BCUT2D eigenvalue weighted by molar-refractivity contribution is 6.31. The van der Waals surface area contributed by atoms with Gasteiger partial charge in [-0.05, 0) is 24.6 Å². The molecule has 26 heavy (non-hydrogen) atoms. The molecule has 0 radical (unpaired) electrons. The lowest BCUT2D eigenvalue weighted by Crippen LogP contribution is -2.59. The Balaban J connectivity index is 0.00000169. The number of ether oxygens (including phenoxy) is 1. The fourth-order valence-corrected chi connectivity index (χ4v) is 3.45. The van der Waals surface area contributed by atoms with Crippen LogP contribution in [-0.4, -0.2) is 67.2 Å². The highest BCUT2D eigenvalue weighted by atomic mass is 35.5. The monoisotopic (exact) mass is 427 g/mol. The molecule has 1 N–H and O–H groups in total. The molecule has 0 unspecified atom stereocenters. The number of carbonyl (C=O) groups is 1. The number of nitrogens with one attached hydrogen (secondary N) is 1. The normalized spacial score (nSPS) is 23.7. The molecular weight excluding hydrogens is 404 g/mol. The molecule has 148 valence electrons. The summed E-state index contributed by atoms with van der Waals surface area (Å²) in [5, 5.41) is 3.70. The fraction of sp³-hybridized carbons (Fsp3) is 0.588. The zero-order valence-corrected chi connectivity index (χ0v) is 17.0. The maximum atomic E-state index is 13.1. The van der Waals surface area contributed by atoms with E-state index in [1.54, 1.807) is 6.07 Å². The Bertz CT molecular complexity index is 601. The maximum absolute atomic E-state index is 13.1. The van der Waals surface area contributed by atoms with Crippen molar-refractivity contribution in [2.75, 3.05) is 39.3 Å². The van der Waals surface area contributed by atoms with Crippen LogP contribution in [0.4, 0.5) is 4.39 Å². The lowest BCUT2D eigenvalue weighted by atomic mass is 10.1. The van der Waals surface area contributed by atoms with Crippen molar-refractivity contribution in [2.45, 2.75) is 25.6 Å². The van der Waals surface area contributed by atoms with E-state index in [1.807, 2.05) is 11.8 Å². The van der Waals surface area contributed by atoms with Crippen LogP contribution in [0.25, 0.3) is 0 Å². The molecular formula is C17H25Cl3FN3O2. The number of piperazine rings is 1. The van der Waals surface area contributed by atoms with E-state index < -0.39 is 0 Å². The third kappa shape index (κ3) is 5.68. The van der Waals surface area contributed by atoms with Crippen LogP contribution < -0.4 is 5.32 Å². The molecule has 2 atom stereocenters. The molecule has 2 saturated heterocycles. The molecule has 3 rings (SSSR count). The minimum absolute atomic E-state index is 0. The van der Waals surface area contributed by atoms with E-state index >= 15 is 0 Å². The topological polar surface area (TPSA) is 44.8 Å². The van der Waals surface area contributed by atoms with E-state index in [-0.39, 0.29) is 48.7 Å². The maximum Gasteiger partial charge on any atom is 0.242 e. The van der Waals surface area contributed by atoms with Crippen molar-refractivity contribution in [3.8, 4) is 0 Å². The predicted molar refractivity (Wildman–Crippen MR) is 105 cm³/mol. The Morgan fingerprint density at radius 1 is 1.31 bits per heavy atom. The Morgan fingerprint density at radius 3 is 2.62 bits per heavy atom. The smallest absolute Gasteiger partial charge is 0.242 e. The van der Waals surface area contributed by atoms with Gasteiger partial charge >= 0.3 is 0 Å². The van der Waals surface area contributed by atoms with Crippen LogP contribution >= 0.6 is 36.4 Å². The van der Waals surface area contributed by atoms with E-state index in [4.69, 9.17) is 16.3 Å². The zero-order chi connectivity index (χ0) is 17.1. The summed E-state index contributed by atoms with van der Waals surface area (Å²) in [6.45, 7) is 6.89. The Kier molecular flexibility index (Phi) is 9.58. The van der Waals surface area contributed by atoms with Gasteiger partial charge in [0.05, 0.1) is 12.7 Å². The molecule has 2 aliphatic heterocycles. The van der Waals surface area contributed by atoms with Crippen LogP contribution in [-0.2, 0) is 16.1 Å². The van der Waals surface area contributed by atoms with Crippen molar-refractivity contribution in [2.24, 2.45) is 0 Å². The molecule has 2 aliphatic rings. The fourth-order valence-electron chi connectivity index (χ4n) is 3.22. The van der Waals surface area contributed by atoms with E-state index in [1.165, 1.54) is 12.1 Å². The number of rotatable bonds is 3. The molecule has 1 amide bonds. The number of morpholine rings is 1. The van der Waals surface area contributed by atoms with Gasteiger partial charge in [-0.15, -0.1) is 24.8 Å². The highest BCUT2D eigenvalue weighted by Crippen LogP contribution is 2.20. The Hall–Kier alpha value is -0.630. The second-order valence-electron chi connectivity index (χ2n) is 6.34. The van der Waals surface area contributed by atoms with E-state index in [0.717, 1.165) is 18.7 Å². The van der Waals surface area contributed by atoms with Gasteiger partial charge in [0.15, 0.2) is 0 Å². The van der Waals surface area contributed by atoms with Crippen molar-refractivity contribution >= 4 is 42.3 Å². The molecule has 0 bridgehead atoms. The SMILES string of the molecule is C[C@H]1OCCN[C@@H]1C(=O)N1CCN(Cc2ccc(F)cc2Cl)CC1.Cl.Cl. The summed E-state index contributed by atoms with van der Waals surface area (Å²) < 4.78 is 18.7. The first-order valence-corrected chi connectivity index (χ1v) is 8.72. The summed E-state index contributed by atoms with van der Waals surface area (Å²) in [5.74, 6) is -0.211. The van der Waals surface area contributed by atoms with Crippen molar-refractivity contribution < 1.29 is 13.9 Å². The van der Waals surface area contributed by atoms with Crippen molar-refractivity contribution in [3.63, 3.8) is 0 Å². The molecule has 2 fully saturated rings. The van der Waals surface area contributed by atoms with Crippen LogP contribution in [0, 0.1) is 5.82 Å². The Labute approximate surface area is 171 Å². The average Bonchev–Trinajstić information content (AvgIpc) is 2.58. The van der Waals surface area contributed by atoms with Gasteiger partial charge in [-0.3, -0.25) is 9.69 Å². The van der Waals surface area contributed by atoms with Crippen LogP contribution in [0.3, 0.4) is 0 Å². The standard InChI is InChI=1S/C17H23ClFN3O2.2ClH/c1-12-16(20-4-9-24-12)17(23)22-7-5-21(6-8-22)11-13-2-3-14(19)10-15(13)18;;/h2-3,10,12,16,20H,4-9,11H2,1H3;2*1H/t12-,16+;;/m1../s1. The minimum Gasteiger partial charge on any atom is -0.375 e. The van der Waals surface area contributed by atoms with Gasteiger partial charge in [0.2, 0.25) is 5.91 Å².